The summed E-state index contributed by atoms with van der Waals surface area (Å²) in [5, 5.41) is 5.04. The standard InChI is InChI=1S/C20H33N2.Li/c1-2-3-4-5-10-15-21-20(19-13-8-6-9-14-19)18-22-16-11-7-12-17-22;/h6,8-9,13-14,20H,2-5,7,10-12,15-18H2,1H3;/q-1;+1/t20-;/m0./s1. The van der Waals surface area contributed by atoms with Crippen molar-refractivity contribution in [3.63, 3.8) is 0 Å². The number of hydrogen-bond acceptors (Lipinski definition) is 1. The van der Waals surface area contributed by atoms with E-state index in [2.05, 4.69) is 42.2 Å². The molecule has 1 aliphatic heterocycles. The van der Waals surface area contributed by atoms with Crippen LogP contribution in [0.4, 0.5) is 0 Å². The Morgan fingerprint density at radius 2 is 1.65 bits per heavy atom. The van der Waals surface area contributed by atoms with E-state index in [9.17, 15) is 0 Å². The molecule has 1 heterocycles. The number of nitrogens with zero attached hydrogens (tertiary/aromatic N) is 2. The first-order chi connectivity index (χ1) is 10.9. The quantitative estimate of drug-likeness (QED) is 0.480. The summed E-state index contributed by atoms with van der Waals surface area (Å²) in [7, 11) is 0. The predicted molar refractivity (Wildman–Crippen MR) is 96.5 cm³/mol. The van der Waals surface area contributed by atoms with Crippen LogP contribution in [0.5, 0.6) is 0 Å². The van der Waals surface area contributed by atoms with Crippen molar-refractivity contribution in [3.8, 4) is 0 Å². The van der Waals surface area contributed by atoms with Crippen molar-refractivity contribution in [1.82, 2.24) is 4.90 Å². The minimum Gasteiger partial charge on any atom is -0.655 e. The van der Waals surface area contributed by atoms with Crippen molar-refractivity contribution in [3.05, 3.63) is 41.2 Å². The zero-order valence-electron chi connectivity index (χ0n) is 15.3. The van der Waals surface area contributed by atoms with E-state index in [0.29, 0.717) is 6.04 Å². The maximum atomic E-state index is 5.04. The molecular weight excluding hydrogens is 275 g/mol. The van der Waals surface area contributed by atoms with Crippen LogP contribution in [0, 0.1) is 0 Å². The van der Waals surface area contributed by atoms with E-state index in [1.165, 1.54) is 70.0 Å². The van der Waals surface area contributed by atoms with Crippen LogP contribution in [0.1, 0.15) is 69.9 Å². The molecule has 1 aliphatic rings. The number of benzene rings is 1. The molecule has 2 rings (SSSR count). The molecule has 3 heteroatoms. The van der Waals surface area contributed by atoms with Gasteiger partial charge in [-0.3, -0.25) is 0 Å². The first kappa shape index (κ1) is 20.8. The minimum atomic E-state index is 0. The SMILES string of the molecule is CCCCCCC[N-][C@@H](CN1CCCCC1)c1ccccc1.[Li+]. The van der Waals surface area contributed by atoms with Crippen molar-refractivity contribution >= 4 is 0 Å². The van der Waals surface area contributed by atoms with E-state index in [1.807, 2.05) is 0 Å². The Kier molecular flexibility index (Phi) is 11.8. The molecule has 1 atom stereocenters. The van der Waals surface area contributed by atoms with Crippen LogP contribution in [-0.2, 0) is 0 Å². The molecule has 0 radical (unpaired) electrons. The Morgan fingerprint density at radius 3 is 2.35 bits per heavy atom. The van der Waals surface area contributed by atoms with Gasteiger partial charge in [-0.1, -0.05) is 87.4 Å². The second-order valence-corrected chi connectivity index (χ2v) is 6.61. The summed E-state index contributed by atoms with van der Waals surface area (Å²) in [5.74, 6) is 0. The van der Waals surface area contributed by atoms with Crippen molar-refractivity contribution in [1.29, 1.82) is 0 Å². The zero-order chi connectivity index (χ0) is 15.5. The van der Waals surface area contributed by atoms with Crippen molar-refractivity contribution in [2.75, 3.05) is 26.2 Å². The predicted octanol–water partition coefficient (Wildman–Crippen LogP) is 2.56. The fourth-order valence-corrected chi connectivity index (χ4v) is 3.29. The molecule has 1 saturated heterocycles. The van der Waals surface area contributed by atoms with E-state index in [0.717, 1.165) is 13.1 Å². The second-order valence-electron chi connectivity index (χ2n) is 6.61. The smallest absolute Gasteiger partial charge is 0.655 e. The number of unbranched alkanes of at least 4 members (excludes halogenated alkanes) is 4. The van der Waals surface area contributed by atoms with Crippen LogP contribution >= 0.6 is 0 Å². The summed E-state index contributed by atoms with van der Waals surface area (Å²) >= 11 is 0. The van der Waals surface area contributed by atoms with Crippen LogP contribution in [-0.4, -0.2) is 31.1 Å². The summed E-state index contributed by atoms with van der Waals surface area (Å²) in [5.41, 5.74) is 1.39. The number of rotatable bonds is 10. The van der Waals surface area contributed by atoms with Crippen LogP contribution in [0.25, 0.3) is 5.32 Å². The summed E-state index contributed by atoms with van der Waals surface area (Å²) < 4.78 is 0. The Labute approximate surface area is 155 Å². The third-order valence-electron chi connectivity index (χ3n) is 4.68. The fraction of sp³-hybridized carbons (Fsp3) is 0.700. The normalized spacial score (nSPS) is 16.7. The summed E-state index contributed by atoms with van der Waals surface area (Å²) in [4.78, 5) is 2.61. The maximum Gasteiger partial charge on any atom is 1.00 e. The van der Waals surface area contributed by atoms with E-state index in [4.69, 9.17) is 5.32 Å². The molecule has 0 saturated carbocycles. The Balaban J connectivity index is 0.00000264. The van der Waals surface area contributed by atoms with Gasteiger partial charge in [0.05, 0.1) is 0 Å². The van der Waals surface area contributed by atoms with Gasteiger partial charge in [-0.05, 0) is 32.5 Å². The zero-order valence-corrected chi connectivity index (χ0v) is 15.3. The third kappa shape index (κ3) is 8.41. The largest absolute Gasteiger partial charge is 1.00 e. The van der Waals surface area contributed by atoms with Gasteiger partial charge < -0.3 is 10.2 Å². The van der Waals surface area contributed by atoms with Gasteiger partial charge in [-0.25, -0.2) is 0 Å². The van der Waals surface area contributed by atoms with E-state index in [1.54, 1.807) is 0 Å². The van der Waals surface area contributed by atoms with Crippen LogP contribution in [0.3, 0.4) is 0 Å². The van der Waals surface area contributed by atoms with Crippen LogP contribution in [0.15, 0.2) is 30.3 Å². The third-order valence-corrected chi connectivity index (χ3v) is 4.68. The van der Waals surface area contributed by atoms with Crippen molar-refractivity contribution < 1.29 is 18.9 Å². The monoisotopic (exact) mass is 308 g/mol. The molecule has 1 aromatic rings. The van der Waals surface area contributed by atoms with Gasteiger partial charge in [0.25, 0.3) is 0 Å². The fourth-order valence-electron chi connectivity index (χ4n) is 3.29. The molecule has 0 amide bonds. The topological polar surface area (TPSA) is 17.3 Å². The molecule has 2 nitrogen and oxygen atoms in total. The van der Waals surface area contributed by atoms with E-state index < -0.39 is 0 Å². The number of piperidine rings is 1. The first-order valence-corrected chi connectivity index (χ1v) is 9.34. The van der Waals surface area contributed by atoms with E-state index >= 15 is 0 Å². The summed E-state index contributed by atoms with van der Waals surface area (Å²) in [6, 6.07) is 11.3. The van der Waals surface area contributed by atoms with Gasteiger partial charge in [0, 0.05) is 0 Å². The minimum absolute atomic E-state index is 0. The van der Waals surface area contributed by atoms with Gasteiger partial charge in [-0.15, -0.1) is 6.54 Å². The summed E-state index contributed by atoms with van der Waals surface area (Å²) in [6.45, 7) is 6.93. The van der Waals surface area contributed by atoms with Gasteiger partial charge >= 0.3 is 18.9 Å². The molecule has 0 bridgehead atoms. The maximum absolute atomic E-state index is 5.04. The molecule has 0 aromatic heterocycles. The van der Waals surface area contributed by atoms with Gasteiger partial charge in [0.2, 0.25) is 0 Å². The molecule has 0 spiro atoms. The average Bonchev–Trinajstić information content (AvgIpc) is 2.58. The molecule has 1 fully saturated rings. The van der Waals surface area contributed by atoms with Gasteiger partial charge in [0.1, 0.15) is 0 Å². The number of likely N-dealkylation sites (tertiary alicyclic amines) is 1. The van der Waals surface area contributed by atoms with Crippen molar-refractivity contribution in [2.45, 2.75) is 64.3 Å². The summed E-state index contributed by atoms with van der Waals surface area (Å²) in [6.07, 6.45) is 10.8. The van der Waals surface area contributed by atoms with Crippen molar-refractivity contribution in [2.24, 2.45) is 0 Å². The van der Waals surface area contributed by atoms with E-state index in [-0.39, 0.29) is 18.9 Å². The molecule has 0 aliphatic carbocycles. The Morgan fingerprint density at radius 1 is 0.957 bits per heavy atom. The first-order valence-electron chi connectivity index (χ1n) is 9.34. The molecule has 23 heavy (non-hydrogen) atoms. The molecule has 0 N–H and O–H groups in total. The molecule has 1 aromatic carbocycles. The Bertz CT molecular complexity index is 376. The Hall–Kier alpha value is -0.263. The van der Waals surface area contributed by atoms with Gasteiger partial charge in [-0.2, -0.15) is 0 Å². The second kappa shape index (κ2) is 13.1. The molecule has 124 valence electrons. The molecule has 0 unspecified atom stereocenters. The van der Waals surface area contributed by atoms with Gasteiger partial charge in [0.15, 0.2) is 0 Å². The number of hydrogen-bond donors (Lipinski definition) is 0. The van der Waals surface area contributed by atoms with Crippen LogP contribution < -0.4 is 18.9 Å². The van der Waals surface area contributed by atoms with Crippen LogP contribution in [0.2, 0.25) is 0 Å². The average molecular weight is 308 g/mol. The molecular formula is C20H33LiN2.